The lowest BCUT2D eigenvalue weighted by molar-refractivity contribution is -0.114. The Morgan fingerprint density at radius 1 is 0.879 bits per heavy atom. The van der Waals surface area contributed by atoms with Gasteiger partial charge in [0.2, 0.25) is 5.91 Å². The Bertz CT molecular complexity index is 922. The lowest BCUT2D eigenvalue weighted by Crippen LogP contribution is -2.35. The summed E-state index contributed by atoms with van der Waals surface area (Å²) in [6.45, 7) is 2.86. The van der Waals surface area contributed by atoms with Crippen LogP contribution in [0.3, 0.4) is 0 Å². The monoisotopic (exact) mass is 452 g/mol. The number of likely N-dealkylation sites (tertiary alicyclic amines) is 1. The van der Waals surface area contributed by atoms with E-state index in [2.05, 4.69) is 16.0 Å². The molecule has 3 amide bonds. The van der Waals surface area contributed by atoms with Gasteiger partial charge in [-0.3, -0.25) is 14.4 Å². The molecule has 2 aromatic carbocycles. The molecule has 1 aliphatic heterocycles. The number of amides is 3. The van der Waals surface area contributed by atoms with Gasteiger partial charge in [0, 0.05) is 55.9 Å². The van der Waals surface area contributed by atoms with Crippen molar-refractivity contribution in [2.75, 3.05) is 50.5 Å². The van der Waals surface area contributed by atoms with Crippen LogP contribution in [0.2, 0.25) is 0 Å². The van der Waals surface area contributed by atoms with Gasteiger partial charge in [-0.1, -0.05) is 0 Å². The van der Waals surface area contributed by atoms with Gasteiger partial charge in [-0.2, -0.15) is 0 Å². The van der Waals surface area contributed by atoms with Crippen LogP contribution in [0.4, 0.5) is 11.4 Å². The van der Waals surface area contributed by atoms with Crippen LogP contribution in [0, 0.1) is 0 Å². The molecule has 0 aliphatic carbocycles. The number of methoxy groups -OCH3 is 1. The maximum Gasteiger partial charge on any atom is 0.253 e. The fourth-order valence-electron chi connectivity index (χ4n) is 3.62. The lowest BCUT2D eigenvalue weighted by atomic mass is 10.1. The van der Waals surface area contributed by atoms with E-state index in [1.165, 1.54) is 6.42 Å². The van der Waals surface area contributed by atoms with Crippen molar-refractivity contribution in [2.24, 2.45) is 0 Å². The minimum Gasteiger partial charge on any atom is -0.385 e. The fourth-order valence-corrected chi connectivity index (χ4v) is 3.62. The Morgan fingerprint density at radius 3 is 2.18 bits per heavy atom. The first kappa shape index (κ1) is 24.3. The summed E-state index contributed by atoms with van der Waals surface area (Å²) in [6, 6.07) is 13.9. The molecule has 1 fully saturated rings. The van der Waals surface area contributed by atoms with Crippen molar-refractivity contribution >= 4 is 29.1 Å². The third-order valence-corrected chi connectivity index (χ3v) is 5.47. The predicted molar refractivity (Wildman–Crippen MR) is 129 cm³/mol. The van der Waals surface area contributed by atoms with Crippen LogP contribution in [-0.2, 0) is 9.53 Å². The second kappa shape index (κ2) is 12.6. The van der Waals surface area contributed by atoms with Crippen molar-refractivity contribution < 1.29 is 19.1 Å². The van der Waals surface area contributed by atoms with Gasteiger partial charge in [-0.05, 0) is 74.2 Å². The van der Waals surface area contributed by atoms with E-state index in [1.54, 1.807) is 43.5 Å². The van der Waals surface area contributed by atoms with Crippen LogP contribution in [0.15, 0.2) is 48.5 Å². The zero-order valence-corrected chi connectivity index (χ0v) is 19.1. The first-order valence-corrected chi connectivity index (χ1v) is 11.4. The van der Waals surface area contributed by atoms with Gasteiger partial charge < -0.3 is 25.6 Å². The van der Waals surface area contributed by atoms with Crippen LogP contribution >= 0.6 is 0 Å². The number of hydrogen-bond donors (Lipinski definition) is 3. The van der Waals surface area contributed by atoms with Crippen LogP contribution in [0.1, 0.15) is 46.4 Å². The average molecular weight is 453 g/mol. The van der Waals surface area contributed by atoms with Crippen LogP contribution in [-0.4, -0.2) is 62.5 Å². The molecule has 0 aromatic heterocycles. The summed E-state index contributed by atoms with van der Waals surface area (Å²) in [5.41, 5.74) is 2.57. The van der Waals surface area contributed by atoms with Gasteiger partial charge in [0.15, 0.2) is 0 Å². The van der Waals surface area contributed by atoms with Gasteiger partial charge in [0.25, 0.3) is 11.8 Å². The van der Waals surface area contributed by atoms with Gasteiger partial charge in [0.1, 0.15) is 0 Å². The summed E-state index contributed by atoms with van der Waals surface area (Å²) in [4.78, 5) is 38.8. The van der Waals surface area contributed by atoms with Crippen molar-refractivity contribution in [1.82, 2.24) is 10.2 Å². The van der Waals surface area contributed by atoms with E-state index in [-0.39, 0.29) is 24.3 Å². The number of anilines is 2. The molecule has 3 rings (SSSR count). The summed E-state index contributed by atoms with van der Waals surface area (Å²) in [5.74, 6) is -0.306. The normalized spacial score (nSPS) is 13.3. The van der Waals surface area contributed by atoms with Gasteiger partial charge >= 0.3 is 0 Å². The molecule has 1 heterocycles. The topological polar surface area (TPSA) is 99.8 Å². The van der Waals surface area contributed by atoms with Crippen molar-refractivity contribution in [1.29, 1.82) is 0 Å². The molecule has 0 radical (unpaired) electrons. The minimum atomic E-state index is -0.208. The molecule has 3 N–H and O–H groups in total. The minimum absolute atomic E-state index is 0.0612. The molecular formula is C25H32N4O4. The molecule has 0 atom stereocenters. The van der Waals surface area contributed by atoms with Crippen LogP contribution < -0.4 is 16.0 Å². The number of hydrogen-bond acceptors (Lipinski definition) is 5. The summed E-state index contributed by atoms with van der Waals surface area (Å²) in [6.07, 6.45) is 4.06. The van der Waals surface area contributed by atoms with E-state index >= 15 is 0 Å². The SMILES string of the molecule is COCCCNC(=O)c1ccc(NC(=O)CNc2ccc(C(=O)N3CCCCC3)cc2)cc1. The summed E-state index contributed by atoms with van der Waals surface area (Å²) < 4.78 is 4.96. The standard InChI is InChI=1S/C25H32N4O4/c1-33-17-5-14-26-24(31)19-6-12-22(13-7-19)28-23(30)18-27-21-10-8-20(9-11-21)25(32)29-15-3-2-4-16-29/h6-13,27H,2-5,14-18H2,1H3,(H,26,31)(H,28,30). The molecule has 33 heavy (non-hydrogen) atoms. The van der Waals surface area contributed by atoms with Crippen molar-refractivity contribution in [3.05, 3.63) is 59.7 Å². The van der Waals surface area contributed by atoms with Gasteiger partial charge in [0.05, 0.1) is 6.54 Å². The van der Waals surface area contributed by atoms with Crippen molar-refractivity contribution in [3.8, 4) is 0 Å². The molecule has 1 saturated heterocycles. The smallest absolute Gasteiger partial charge is 0.253 e. The number of nitrogens with zero attached hydrogens (tertiary/aromatic N) is 1. The van der Waals surface area contributed by atoms with Crippen molar-refractivity contribution in [3.63, 3.8) is 0 Å². The summed E-state index contributed by atoms with van der Waals surface area (Å²) in [5, 5.41) is 8.68. The molecule has 0 unspecified atom stereocenters. The first-order chi connectivity index (χ1) is 16.1. The molecule has 8 nitrogen and oxygen atoms in total. The van der Waals surface area contributed by atoms with Gasteiger partial charge in [-0.25, -0.2) is 0 Å². The highest BCUT2D eigenvalue weighted by molar-refractivity contribution is 5.97. The Morgan fingerprint density at radius 2 is 1.52 bits per heavy atom. The van der Waals surface area contributed by atoms with Crippen LogP contribution in [0.5, 0.6) is 0 Å². The number of ether oxygens (including phenoxy) is 1. The van der Waals surface area contributed by atoms with E-state index in [9.17, 15) is 14.4 Å². The molecule has 0 bridgehead atoms. The molecule has 0 saturated carbocycles. The van der Waals surface area contributed by atoms with E-state index in [4.69, 9.17) is 4.74 Å². The largest absolute Gasteiger partial charge is 0.385 e. The number of nitrogens with one attached hydrogen (secondary N) is 3. The van der Waals surface area contributed by atoms with Crippen molar-refractivity contribution in [2.45, 2.75) is 25.7 Å². The predicted octanol–water partition coefficient (Wildman–Crippen LogP) is 3.13. The Hall–Kier alpha value is -3.39. The molecular weight excluding hydrogens is 420 g/mol. The number of piperidine rings is 1. The lowest BCUT2D eigenvalue weighted by Gasteiger charge is -2.26. The van der Waals surface area contributed by atoms with E-state index in [0.717, 1.165) is 38.0 Å². The third kappa shape index (κ3) is 7.61. The molecule has 8 heteroatoms. The highest BCUT2D eigenvalue weighted by Crippen LogP contribution is 2.16. The zero-order valence-electron chi connectivity index (χ0n) is 19.1. The maximum absolute atomic E-state index is 12.5. The third-order valence-electron chi connectivity index (χ3n) is 5.47. The Labute approximate surface area is 194 Å². The highest BCUT2D eigenvalue weighted by Gasteiger charge is 2.17. The fraction of sp³-hybridized carbons (Fsp3) is 0.400. The summed E-state index contributed by atoms with van der Waals surface area (Å²) >= 11 is 0. The highest BCUT2D eigenvalue weighted by atomic mass is 16.5. The molecule has 1 aliphatic rings. The first-order valence-electron chi connectivity index (χ1n) is 11.4. The zero-order chi connectivity index (χ0) is 23.5. The van der Waals surface area contributed by atoms with Crippen LogP contribution in [0.25, 0.3) is 0 Å². The second-order valence-electron chi connectivity index (χ2n) is 8.01. The Kier molecular flexibility index (Phi) is 9.26. The van der Waals surface area contributed by atoms with E-state index < -0.39 is 0 Å². The van der Waals surface area contributed by atoms with E-state index in [1.807, 2.05) is 17.0 Å². The second-order valence-corrected chi connectivity index (χ2v) is 8.01. The number of carbonyl (C=O) groups is 3. The number of carbonyl (C=O) groups excluding carboxylic acids is 3. The maximum atomic E-state index is 12.5. The number of benzene rings is 2. The average Bonchev–Trinajstić information content (AvgIpc) is 2.86. The summed E-state index contributed by atoms with van der Waals surface area (Å²) in [7, 11) is 1.62. The van der Waals surface area contributed by atoms with E-state index in [0.29, 0.717) is 30.0 Å². The molecule has 176 valence electrons. The molecule has 0 spiro atoms. The molecule has 2 aromatic rings. The quantitative estimate of drug-likeness (QED) is 0.481. The Balaban J connectivity index is 1.42. The number of rotatable bonds is 10. The van der Waals surface area contributed by atoms with Gasteiger partial charge in [-0.15, -0.1) is 0 Å².